The summed E-state index contributed by atoms with van der Waals surface area (Å²) >= 11 is 1.61. The number of thiazole rings is 1. The predicted molar refractivity (Wildman–Crippen MR) is 99.8 cm³/mol. The number of amides is 3. The van der Waals surface area contributed by atoms with E-state index in [0.29, 0.717) is 5.76 Å². The van der Waals surface area contributed by atoms with Crippen LogP contribution >= 0.6 is 11.3 Å². The first-order chi connectivity index (χ1) is 12.5. The second-order valence-electron chi connectivity index (χ2n) is 5.92. The van der Waals surface area contributed by atoms with E-state index in [1.807, 2.05) is 43.1 Å². The molecule has 2 heterocycles. The quantitative estimate of drug-likeness (QED) is 0.695. The van der Waals surface area contributed by atoms with Gasteiger partial charge in [0.25, 0.3) is 0 Å². The SMILES string of the molecule is C[C@H](c1nc2ccccc2s1)N(C)CC(=O)NC(=O)NCc1ccco1. The van der Waals surface area contributed by atoms with Crippen LogP contribution in [0, 0.1) is 0 Å². The molecule has 3 amide bonds. The number of para-hydroxylation sites is 1. The van der Waals surface area contributed by atoms with Gasteiger partial charge in [0, 0.05) is 0 Å². The normalized spacial score (nSPS) is 12.3. The van der Waals surface area contributed by atoms with Gasteiger partial charge >= 0.3 is 6.03 Å². The first kappa shape index (κ1) is 18.1. The van der Waals surface area contributed by atoms with E-state index in [-0.39, 0.29) is 25.0 Å². The molecule has 2 N–H and O–H groups in total. The van der Waals surface area contributed by atoms with E-state index in [2.05, 4.69) is 15.6 Å². The lowest BCUT2D eigenvalue weighted by Gasteiger charge is -2.22. The number of carbonyl (C=O) groups excluding carboxylic acids is 2. The molecular weight excluding hydrogens is 352 g/mol. The Hall–Kier alpha value is -2.71. The molecule has 3 aromatic rings. The van der Waals surface area contributed by atoms with Crippen molar-refractivity contribution in [2.24, 2.45) is 0 Å². The number of hydrogen-bond acceptors (Lipinski definition) is 6. The number of fused-ring (bicyclic) bond motifs is 1. The molecule has 0 aliphatic carbocycles. The zero-order valence-corrected chi connectivity index (χ0v) is 15.4. The average Bonchev–Trinajstić information content (AvgIpc) is 3.28. The summed E-state index contributed by atoms with van der Waals surface area (Å²) in [6.07, 6.45) is 1.53. The molecule has 0 spiro atoms. The Balaban J connectivity index is 1.50. The van der Waals surface area contributed by atoms with Crippen LogP contribution in [-0.4, -0.2) is 35.4 Å². The van der Waals surface area contributed by atoms with E-state index >= 15 is 0 Å². The van der Waals surface area contributed by atoms with Gasteiger partial charge < -0.3 is 9.73 Å². The Kier molecular flexibility index (Phi) is 5.65. The highest BCUT2D eigenvalue weighted by molar-refractivity contribution is 7.18. The number of rotatable bonds is 6. The molecule has 0 aliphatic heterocycles. The number of imide groups is 1. The van der Waals surface area contributed by atoms with Crippen molar-refractivity contribution in [3.63, 3.8) is 0 Å². The summed E-state index contributed by atoms with van der Waals surface area (Å²) in [4.78, 5) is 30.3. The molecule has 26 heavy (non-hydrogen) atoms. The predicted octanol–water partition coefficient (Wildman–Crippen LogP) is 2.91. The van der Waals surface area contributed by atoms with Crippen LogP contribution in [0.3, 0.4) is 0 Å². The molecular formula is C18H20N4O3S. The minimum Gasteiger partial charge on any atom is -0.467 e. The maximum atomic E-state index is 12.1. The van der Waals surface area contributed by atoms with Crippen molar-refractivity contribution in [1.82, 2.24) is 20.5 Å². The van der Waals surface area contributed by atoms with Crippen molar-refractivity contribution >= 4 is 33.5 Å². The van der Waals surface area contributed by atoms with Crippen LogP contribution in [0.15, 0.2) is 47.1 Å². The van der Waals surface area contributed by atoms with Gasteiger partial charge in [-0.05, 0) is 38.2 Å². The van der Waals surface area contributed by atoms with Gasteiger partial charge in [-0.15, -0.1) is 11.3 Å². The minimum atomic E-state index is -0.549. The Bertz CT molecular complexity index is 858. The van der Waals surface area contributed by atoms with Gasteiger partial charge in [0.15, 0.2) is 0 Å². The second-order valence-corrected chi connectivity index (χ2v) is 6.98. The monoisotopic (exact) mass is 372 g/mol. The van der Waals surface area contributed by atoms with Gasteiger partial charge in [-0.25, -0.2) is 9.78 Å². The summed E-state index contributed by atoms with van der Waals surface area (Å²) in [6, 6.07) is 10.8. The molecule has 1 aromatic carbocycles. The summed E-state index contributed by atoms with van der Waals surface area (Å²) < 4.78 is 6.23. The van der Waals surface area contributed by atoms with E-state index < -0.39 is 6.03 Å². The third-order valence-corrected chi connectivity index (χ3v) is 5.18. The van der Waals surface area contributed by atoms with Gasteiger partial charge in [0.1, 0.15) is 10.8 Å². The topological polar surface area (TPSA) is 87.5 Å². The number of carbonyl (C=O) groups is 2. The smallest absolute Gasteiger partial charge is 0.321 e. The van der Waals surface area contributed by atoms with E-state index in [9.17, 15) is 9.59 Å². The molecule has 7 nitrogen and oxygen atoms in total. The zero-order chi connectivity index (χ0) is 18.5. The van der Waals surface area contributed by atoms with Crippen molar-refractivity contribution in [2.45, 2.75) is 19.5 Å². The first-order valence-electron chi connectivity index (χ1n) is 8.18. The van der Waals surface area contributed by atoms with Gasteiger partial charge in [-0.3, -0.25) is 15.0 Å². The fourth-order valence-electron chi connectivity index (χ4n) is 2.41. The summed E-state index contributed by atoms with van der Waals surface area (Å²) in [5.74, 6) is 0.242. The maximum absolute atomic E-state index is 12.1. The molecule has 0 bridgehead atoms. The summed E-state index contributed by atoms with van der Waals surface area (Å²) in [6.45, 7) is 2.30. The van der Waals surface area contributed by atoms with E-state index in [1.165, 1.54) is 6.26 Å². The lowest BCUT2D eigenvalue weighted by Crippen LogP contribution is -2.43. The van der Waals surface area contributed by atoms with Gasteiger partial charge in [-0.2, -0.15) is 0 Å². The molecule has 1 atom stereocenters. The number of nitrogens with one attached hydrogen (secondary N) is 2. The molecule has 0 fully saturated rings. The Morgan fingerprint density at radius 1 is 1.27 bits per heavy atom. The van der Waals surface area contributed by atoms with E-state index in [1.54, 1.807) is 23.5 Å². The molecule has 2 aromatic heterocycles. The minimum absolute atomic E-state index is 0.0377. The standard InChI is InChI=1S/C18H20N4O3S/c1-12(17-20-14-7-3-4-8-15(14)26-17)22(2)11-16(23)21-18(24)19-10-13-6-5-9-25-13/h3-9,12H,10-11H2,1-2H3,(H2,19,21,23,24)/t12-/m1/s1. The number of furan rings is 1. The van der Waals surface area contributed by atoms with Crippen molar-refractivity contribution in [1.29, 1.82) is 0 Å². The van der Waals surface area contributed by atoms with Gasteiger partial charge in [0.2, 0.25) is 5.91 Å². The highest BCUT2D eigenvalue weighted by Crippen LogP contribution is 2.28. The van der Waals surface area contributed by atoms with E-state index in [4.69, 9.17) is 4.42 Å². The Labute approximate surface area is 155 Å². The number of aromatic nitrogens is 1. The number of hydrogen-bond donors (Lipinski definition) is 2. The third-order valence-electron chi connectivity index (χ3n) is 3.98. The van der Waals surface area contributed by atoms with Crippen LogP contribution in [0.1, 0.15) is 23.7 Å². The molecule has 0 aliphatic rings. The number of benzene rings is 1. The van der Waals surface area contributed by atoms with Crippen LogP contribution in [0.2, 0.25) is 0 Å². The fourth-order valence-corrected chi connectivity index (χ4v) is 3.50. The first-order valence-corrected chi connectivity index (χ1v) is 9.00. The molecule has 0 unspecified atom stereocenters. The largest absolute Gasteiger partial charge is 0.467 e. The summed E-state index contributed by atoms with van der Waals surface area (Å²) in [5, 5.41) is 5.83. The van der Waals surface area contributed by atoms with E-state index in [0.717, 1.165) is 15.2 Å². The van der Waals surface area contributed by atoms with Crippen molar-refractivity contribution in [3.05, 3.63) is 53.4 Å². The van der Waals surface area contributed by atoms with Crippen LogP contribution < -0.4 is 10.6 Å². The van der Waals surface area contributed by atoms with Crippen LogP contribution in [-0.2, 0) is 11.3 Å². The van der Waals surface area contributed by atoms with Crippen LogP contribution in [0.25, 0.3) is 10.2 Å². The number of nitrogens with zero attached hydrogens (tertiary/aromatic N) is 2. The molecule has 136 valence electrons. The fraction of sp³-hybridized carbons (Fsp3) is 0.278. The Morgan fingerprint density at radius 3 is 2.81 bits per heavy atom. The number of urea groups is 1. The highest BCUT2D eigenvalue weighted by atomic mass is 32.1. The van der Waals surface area contributed by atoms with Crippen molar-refractivity contribution < 1.29 is 14.0 Å². The van der Waals surface area contributed by atoms with Gasteiger partial charge in [0.05, 0.1) is 35.6 Å². The average molecular weight is 372 g/mol. The molecule has 0 radical (unpaired) electrons. The van der Waals surface area contributed by atoms with Crippen molar-refractivity contribution in [3.8, 4) is 0 Å². The summed E-state index contributed by atoms with van der Waals surface area (Å²) in [7, 11) is 1.83. The van der Waals surface area contributed by atoms with Crippen LogP contribution in [0.4, 0.5) is 4.79 Å². The third kappa shape index (κ3) is 4.47. The highest BCUT2D eigenvalue weighted by Gasteiger charge is 2.19. The molecule has 8 heteroatoms. The Morgan fingerprint density at radius 2 is 2.08 bits per heavy atom. The van der Waals surface area contributed by atoms with Gasteiger partial charge in [-0.1, -0.05) is 12.1 Å². The lowest BCUT2D eigenvalue weighted by atomic mass is 10.3. The summed E-state index contributed by atoms with van der Waals surface area (Å²) in [5.41, 5.74) is 0.953. The molecule has 3 rings (SSSR count). The van der Waals surface area contributed by atoms with Crippen molar-refractivity contribution in [2.75, 3.05) is 13.6 Å². The lowest BCUT2D eigenvalue weighted by molar-refractivity contribution is -0.121. The zero-order valence-electron chi connectivity index (χ0n) is 14.6. The number of likely N-dealkylation sites (N-methyl/N-ethyl adjacent to an activating group) is 1. The van der Waals surface area contributed by atoms with Crippen LogP contribution in [0.5, 0.6) is 0 Å². The molecule has 0 saturated carbocycles. The maximum Gasteiger partial charge on any atom is 0.321 e. The molecule has 0 saturated heterocycles. The second kappa shape index (κ2) is 8.11.